The van der Waals surface area contributed by atoms with E-state index in [0.717, 1.165) is 28.6 Å². The molecule has 102 valence electrons. The summed E-state index contributed by atoms with van der Waals surface area (Å²) in [5.41, 5.74) is 3.32. The Morgan fingerprint density at radius 3 is 2.84 bits per heavy atom. The quantitative estimate of drug-likeness (QED) is 0.819. The third-order valence-electron chi connectivity index (χ3n) is 3.42. The van der Waals surface area contributed by atoms with Gasteiger partial charge in [-0.15, -0.1) is 0 Å². The summed E-state index contributed by atoms with van der Waals surface area (Å²) in [5.74, 6) is 0.0146. The summed E-state index contributed by atoms with van der Waals surface area (Å²) in [4.78, 5) is 12.0. The molecule has 1 amide bonds. The second-order valence-corrected chi connectivity index (χ2v) is 6.05. The Balaban J connectivity index is 1.85. The molecule has 0 bridgehead atoms. The Morgan fingerprint density at radius 2 is 2.16 bits per heavy atom. The molecule has 19 heavy (non-hydrogen) atoms. The van der Waals surface area contributed by atoms with E-state index in [4.69, 9.17) is 0 Å². The van der Waals surface area contributed by atoms with Crippen molar-refractivity contribution in [3.8, 4) is 0 Å². The summed E-state index contributed by atoms with van der Waals surface area (Å²) in [5, 5.41) is 3.00. The summed E-state index contributed by atoms with van der Waals surface area (Å²) in [6.07, 6.45) is 8.33. The van der Waals surface area contributed by atoms with Gasteiger partial charge in [-0.3, -0.25) is 4.79 Å². The van der Waals surface area contributed by atoms with Gasteiger partial charge in [-0.1, -0.05) is 27.6 Å². The minimum atomic E-state index is 0.0146. The van der Waals surface area contributed by atoms with Gasteiger partial charge in [0.15, 0.2) is 0 Å². The van der Waals surface area contributed by atoms with Gasteiger partial charge in [0.05, 0.1) is 0 Å². The lowest BCUT2D eigenvalue weighted by molar-refractivity contribution is 0.0954. The van der Waals surface area contributed by atoms with E-state index in [0.29, 0.717) is 0 Å². The van der Waals surface area contributed by atoms with E-state index in [1.54, 1.807) is 0 Å². The van der Waals surface area contributed by atoms with Crippen LogP contribution in [0.2, 0.25) is 0 Å². The molecule has 2 nitrogen and oxygen atoms in total. The standard InChI is InChI=1S/C16H20BrNO/c1-12-9-14(11-15(17)10-12)16(19)18-8-7-13-5-3-2-4-6-13/h5,9-11H,2-4,6-8H2,1H3,(H,18,19). The van der Waals surface area contributed by atoms with E-state index in [1.165, 1.54) is 31.3 Å². The summed E-state index contributed by atoms with van der Waals surface area (Å²) in [6.45, 7) is 2.73. The zero-order chi connectivity index (χ0) is 13.7. The lowest BCUT2D eigenvalue weighted by atomic mass is 9.97. The molecular formula is C16H20BrNO. The first-order valence-corrected chi connectivity index (χ1v) is 7.68. The van der Waals surface area contributed by atoms with Crippen molar-refractivity contribution in [3.05, 3.63) is 45.4 Å². The van der Waals surface area contributed by atoms with E-state index >= 15 is 0 Å². The molecule has 1 aliphatic rings. The summed E-state index contributed by atoms with van der Waals surface area (Å²) < 4.78 is 0.952. The first-order chi connectivity index (χ1) is 9.15. The highest BCUT2D eigenvalue weighted by Crippen LogP contribution is 2.19. The van der Waals surface area contributed by atoms with Crippen LogP contribution in [-0.4, -0.2) is 12.5 Å². The highest BCUT2D eigenvalue weighted by molar-refractivity contribution is 9.10. The normalized spacial score (nSPS) is 14.9. The first-order valence-electron chi connectivity index (χ1n) is 6.88. The van der Waals surface area contributed by atoms with Crippen LogP contribution >= 0.6 is 15.9 Å². The molecule has 0 saturated carbocycles. The smallest absolute Gasteiger partial charge is 0.251 e. The average Bonchev–Trinajstić information content (AvgIpc) is 2.38. The van der Waals surface area contributed by atoms with Gasteiger partial charge in [0.25, 0.3) is 5.91 Å². The predicted molar refractivity (Wildman–Crippen MR) is 82.4 cm³/mol. The van der Waals surface area contributed by atoms with Crippen LogP contribution in [0.25, 0.3) is 0 Å². The van der Waals surface area contributed by atoms with Crippen LogP contribution in [0.4, 0.5) is 0 Å². The fourth-order valence-electron chi connectivity index (χ4n) is 2.44. The molecule has 1 N–H and O–H groups in total. The van der Waals surface area contributed by atoms with Crippen molar-refractivity contribution in [2.75, 3.05) is 6.54 Å². The Morgan fingerprint density at radius 1 is 1.32 bits per heavy atom. The van der Waals surface area contributed by atoms with Gasteiger partial charge in [0.1, 0.15) is 0 Å². The number of benzene rings is 1. The van der Waals surface area contributed by atoms with Crippen LogP contribution < -0.4 is 5.32 Å². The zero-order valence-corrected chi connectivity index (χ0v) is 12.9. The minimum absolute atomic E-state index is 0.0146. The van der Waals surface area contributed by atoms with Gasteiger partial charge in [0, 0.05) is 16.6 Å². The van der Waals surface area contributed by atoms with Gasteiger partial charge in [0.2, 0.25) is 0 Å². The van der Waals surface area contributed by atoms with Gasteiger partial charge in [-0.2, -0.15) is 0 Å². The SMILES string of the molecule is Cc1cc(Br)cc(C(=O)NCCC2=CCCCC2)c1. The molecule has 1 aromatic carbocycles. The molecule has 0 unspecified atom stereocenters. The number of allylic oxidation sites excluding steroid dienone is 1. The third-order valence-corrected chi connectivity index (χ3v) is 3.88. The van der Waals surface area contributed by atoms with Crippen LogP contribution in [0, 0.1) is 6.92 Å². The Kier molecular flexibility index (Phi) is 5.20. The summed E-state index contributed by atoms with van der Waals surface area (Å²) >= 11 is 3.42. The Labute approximate surface area is 123 Å². The molecule has 0 heterocycles. The third kappa shape index (κ3) is 4.50. The fraction of sp³-hybridized carbons (Fsp3) is 0.438. The van der Waals surface area contributed by atoms with Gasteiger partial charge < -0.3 is 5.32 Å². The molecule has 0 spiro atoms. The zero-order valence-electron chi connectivity index (χ0n) is 11.3. The second-order valence-electron chi connectivity index (χ2n) is 5.13. The molecule has 0 saturated heterocycles. The van der Waals surface area contributed by atoms with Gasteiger partial charge in [-0.25, -0.2) is 0 Å². The van der Waals surface area contributed by atoms with E-state index in [9.17, 15) is 4.79 Å². The first kappa shape index (κ1) is 14.3. The number of carbonyl (C=O) groups is 1. The number of nitrogens with one attached hydrogen (secondary N) is 1. The summed E-state index contributed by atoms with van der Waals surface area (Å²) in [7, 11) is 0. The molecule has 2 rings (SSSR count). The Hall–Kier alpha value is -1.09. The average molecular weight is 322 g/mol. The molecule has 3 heteroatoms. The maximum Gasteiger partial charge on any atom is 0.251 e. The van der Waals surface area contributed by atoms with Crippen LogP contribution in [0.3, 0.4) is 0 Å². The monoisotopic (exact) mass is 321 g/mol. The lowest BCUT2D eigenvalue weighted by Gasteiger charge is -2.13. The van der Waals surface area contributed by atoms with Crippen molar-refractivity contribution in [1.29, 1.82) is 0 Å². The van der Waals surface area contributed by atoms with Gasteiger partial charge in [-0.05, 0) is 62.8 Å². The minimum Gasteiger partial charge on any atom is -0.352 e. The molecule has 1 aromatic rings. The van der Waals surface area contributed by atoms with Crippen molar-refractivity contribution in [3.63, 3.8) is 0 Å². The molecule has 0 aromatic heterocycles. The maximum atomic E-state index is 12.0. The molecule has 0 atom stereocenters. The highest BCUT2D eigenvalue weighted by atomic mass is 79.9. The predicted octanol–water partition coefficient (Wildman–Crippen LogP) is 4.38. The van der Waals surface area contributed by atoms with Gasteiger partial charge >= 0.3 is 0 Å². The number of hydrogen-bond acceptors (Lipinski definition) is 1. The van der Waals surface area contributed by atoms with Crippen molar-refractivity contribution in [1.82, 2.24) is 5.32 Å². The van der Waals surface area contributed by atoms with Crippen molar-refractivity contribution < 1.29 is 4.79 Å². The van der Waals surface area contributed by atoms with Crippen LogP contribution in [0.5, 0.6) is 0 Å². The van der Waals surface area contributed by atoms with Crippen molar-refractivity contribution in [2.24, 2.45) is 0 Å². The van der Waals surface area contributed by atoms with Crippen LogP contribution in [0.15, 0.2) is 34.3 Å². The van der Waals surface area contributed by atoms with E-state index in [2.05, 4.69) is 27.3 Å². The molecule has 0 fully saturated rings. The number of amides is 1. The number of aryl methyl sites for hydroxylation is 1. The Bertz CT molecular complexity index is 473. The van der Waals surface area contributed by atoms with Crippen molar-refractivity contribution >= 4 is 21.8 Å². The van der Waals surface area contributed by atoms with E-state index in [-0.39, 0.29) is 5.91 Å². The maximum absolute atomic E-state index is 12.0. The molecule has 0 aliphatic heterocycles. The summed E-state index contributed by atoms with van der Waals surface area (Å²) in [6, 6.07) is 5.78. The lowest BCUT2D eigenvalue weighted by Crippen LogP contribution is -2.25. The topological polar surface area (TPSA) is 29.1 Å². The molecule has 0 radical (unpaired) electrons. The molecule has 1 aliphatic carbocycles. The number of carbonyl (C=O) groups excluding carboxylic acids is 1. The largest absolute Gasteiger partial charge is 0.352 e. The molecular weight excluding hydrogens is 302 g/mol. The number of hydrogen-bond donors (Lipinski definition) is 1. The number of halogens is 1. The van der Waals surface area contributed by atoms with Crippen molar-refractivity contribution in [2.45, 2.75) is 39.0 Å². The fourth-order valence-corrected chi connectivity index (χ4v) is 3.05. The second kappa shape index (κ2) is 6.90. The van der Waals surface area contributed by atoms with E-state index < -0.39 is 0 Å². The number of rotatable bonds is 4. The van der Waals surface area contributed by atoms with Crippen LogP contribution in [0.1, 0.15) is 48.0 Å². The van der Waals surface area contributed by atoms with Crippen LogP contribution in [-0.2, 0) is 0 Å². The highest BCUT2D eigenvalue weighted by Gasteiger charge is 2.08. The van der Waals surface area contributed by atoms with E-state index in [1.807, 2.05) is 25.1 Å².